The van der Waals surface area contributed by atoms with Gasteiger partial charge >= 0.3 is 5.97 Å². The van der Waals surface area contributed by atoms with Crippen LogP contribution in [0, 0.1) is 0 Å². The molecule has 1 aromatic heterocycles. The van der Waals surface area contributed by atoms with Crippen molar-refractivity contribution >= 4 is 17.8 Å². The van der Waals surface area contributed by atoms with Crippen molar-refractivity contribution in [3.05, 3.63) is 24.0 Å². The number of carbonyl (C=O) groups excluding carboxylic acids is 2. The van der Waals surface area contributed by atoms with Gasteiger partial charge in [0.25, 0.3) is 12.3 Å². The van der Waals surface area contributed by atoms with Crippen LogP contribution in [0.1, 0.15) is 16.9 Å². The Morgan fingerprint density at radius 3 is 2.55 bits per heavy atom. The third-order valence-electron chi connectivity index (χ3n) is 2.41. The standard InChI is InChI=1S/C11H13F2N3O4/c12-8(13)5-16-3-1-2-7(16)10(18)15-6(11(19)20)4-9(14)17/h1-3,6,8H,4-5H2,(H2,14,17)(H,15,18)(H,19,20)/t6-/m1/s1. The molecule has 0 bridgehead atoms. The Morgan fingerprint density at radius 1 is 1.40 bits per heavy atom. The Bertz CT molecular complexity index is 516. The van der Waals surface area contributed by atoms with Gasteiger partial charge in [-0.25, -0.2) is 13.6 Å². The van der Waals surface area contributed by atoms with Crippen molar-refractivity contribution in [2.24, 2.45) is 5.73 Å². The highest BCUT2D eigenvalue weighted by molar-refractivity contribution is 5.96. The molecule has 0 saturated heterocycles. The maximum absolute atomic E-state index is 12.3. The highest BCUT2D eigenvalue weighted by Crippen LogP contribution is 2.07. The Morgan fingerprint density at radius 2 is 2.05 bits per heavy atom. The van der Waals surface area contributed by atoms with Crippen molar-refractivity contribution in [3.63, 3.8) is 0 Å². The molecule has 0 spiro atoms. The predicted octanol–water partition coefficient (Wildman–Crippen LogP) is -0.188. The molecule has 0 aliphatic rings. The summed E-state index contributed by atoms with van der Waals surface area (Å²) < 4.78 is 25.6. The van der Waals surface area contributed by atoms with E-state index in [0.717, 1.165) is 4.57 Å². The topological polar surface area (TPSA) is 114 Å². The van der Waals surface area contributed by atoms with Crippen molar-refractivity contribution in [2.45, 2.75) is 25.4 Å². The Hall–Kier alpha value is -2.45. The van der Waals surface area contributed by atoms with E-state index >= 15 is 0 Å². The minimum Gasteiger partial charge on any atom is -0.480 e. The molecule has 0 radical (unpaired) electrons. The molecule has 0 aliphatic carbocycles. The van der Waals surface area contributed by atoms with Crippen LogP contribution in [0.3, 0.4) is 0 Å². The smallest absolute Gasteiger partial charge is 0.326 e. The van der Waals surface area contributed by atoms with Gasteiger partial charge in [0.1, 0.15) is 11.7 Å². The number of alkyl halides is 2. The van der Waals surface area contributed by atoms with Crippen molar-refractivity contribution in [2.75, 3.05) is 0 Å². The lowest BCUT2D eigenvalue weighted by Crippen LogP contribution is -2.43. The van der Waals surface area contributed by atoms with E-state index in [0.29, 0.717) is 0 Å². The van der Waals surface area contributed by atoms with E-state index in [1.165, 1.54) is 18.3 Å². The van der Waals surface area contributed by atoms with Crippen molar-refractivity contribution in [1.82, 2.24) is 9.88 Å². The zero-order chi connectivity index (χ0) is 15.3. The van der Waals surface area contributed by atoms with E-state index in [4.69, 9.17) is 10.8 Å². The Balaban J connectivity index is 2.81. The first kappa shape index (κ1) is 15.6. The molecule has 0 aliphatic heterocycles. The number of carboxylic acids is 1. The lowest BCUT2D eigenvalue weighted by molar-refractivity contribution is -0.140. The zero-order valence-electron chi connectivity index (χ0n) is 10.3. The summed E-state index contributed by atoms with van der Waals surface area (Å²) in [7, 11) is 0. The fourth-order valence-corrected chi connectivity index (χ4v) is 1.56. The number of primary amides is 1. The predicted molar refractivity (Wildman–Crippen MR) is 63.1 cm³/mol. The number of rotatable bonds is 7. The van der Waals surface area contributed by atoms with E-state index in [-0.39, 0.29) is 5.69 Å². The van der Waals surface area contributed by atoms with Gasteiger partial charge in [-0.05, 0) is 12.1 Å². The number of hydrogen-bond donors (Lipinski definition) is 3. The maximum atomic E-state index is 12.3. The summed E-state index contributed by atoms with van der Waals surface area (Å²) in [5, 5.41) is 10.9. The number of aromatic nitrogens is 1. The summed E-state index contributed by atoms with van der Waals surface area (Å²) >= 11 is 0. The van der Waals surface area contributed by atoms with E-state index in [1.54, 1.807) is 0 Å². The number of nitrogens with two attached hydrogens (primary N) is 1. The number of carboxylic acid groups (broad SMARTS) is 1. The molecule has 9 heteroatoms. The summed E-state index contributed by atoms with van der Waals surface area (Å²) in [6.45, 7) is -0.691. The minimum atomic E-state index is -2.66. The number of halogens is 2. The second-order valence-electron chi connectivity index (χ2n) is 3.97. The number of amides is 2. The fraction of sp³-hybridized carbons (Fsp3) is 0.364. The molecule has 110 valence electrons. The van der Waals surface area contributed by atoms with Gasteiger partial charge in [-0.15, -0.1) is 0 Å². The summed E-state index contributed by atoms with van der Waals surface area (Å²) in [4.78, 5) is 33.4. The van der Waals surface area contributed by atoms with Gasteiger partial charge in [-0.3, -0.25) is 9.59 Å². The number of nitrogens with one attached hydrogen (secondary N) is 1. The van der Waals surface area contributed by atoms with E-state index in [1.807, 2.05) is 0 Å². The van der Waals surface area contributed by atoms with Crippen LogP contribution in [0.5, 0.6) is 0 Å². The molecule has 0 fully saturated rings. The van der Waals surface area contributed by atoms with E-state index in [2.05, 4.69) is 5.32 Å². The first-order chi connectivity index (χ1) is 9.31. The van der Waals surface area contributed by atoms with Gasteiger partial charge < -0.3 is 20.7 Å². The normalized spacial score (nSPS) is 12.2. The highest BCUT2D eigenvalue weighted by atomic mass is 19.3. The van der Waals surface area contributed by atoms with Crippen LogP contribution < -0.4 is 11.1 Å². The molecular formula is C11H13F2N3O4. The summed E-state index contributed by atoms with van der Waals surface area (Å²) in [5.41, 5.74) is 4.74. The first-order valence-electron chi connectivity index (χ1n) is 5.56. The van der Waals surface area contributed by atoms with Crippen LogP contribution in [-0.4, -0.2) is 39.9 Å². The third-order valence-corrected chi connectivity index (χ3v) is 2.41. The van der Waals surface area contributed by atoms with Gasteiger partial charge in [0.05, 0.1) is 13.0 Å². The third kappa shape index (κ3) is 4.34. The van der Waals surface area contributed by atoms with Gasteiger partial charge in [0.2, 0.25) is 5.91 Å². The van der Waals surface area contributed by atoms with Crippen molar-refractivity contribution < 1.29 is 28.3 Å². The lowest BCUT2D eigenvalue weighted by Gasteiger charge is -2.14. The van der Waals surface area contributed by atoms with Crippen LogP contribution in [0.4, 0.5) is 8.78 Å². The number of nitrogens with zero attached hydrogens (tertiary/aromatic N) is 1. The lowest BCUT2D eigenvalue weighted by atomic mass is 10.2. The second-order valence-corrected chi connectivity index (χ2v) is 3.97. The molecule has 4 N–H and O–H groups in total. The molecule has 7 nitrogen and oxygen atoms in total. The monoisotopic (exact) mass is 289 g/mol. The number of carbonyl (C=O) groups is 3. The molecular weight excluding hydrogens is 276 g/mol. The van der Waals surface area contributed by atoms with E-state index in [9.17, 15) is 23.2 Å². The van der Waals surface area contributed by atoms with Crippen LogP contribution in [0.25, 0.3) is 0 Å². The van der Waals surface area contributed by atoms with Gasteiger partial charge in [-0.2, -0.15) is 0 Å². The minimum absolute atomic E-state index is 0.124. The average molecular weight is 289 g/mol. The molecule has 2 amide bonds. The quantitative estimate of drug-likeness (QED) is 0.645. The molecule has 1 heterocycles. The molecule has 0 aromatic carbocycles. The highest BCUT2D eigenvalue weighted by Gasteiger charge is 2.24. The molecule has 0 saturated carbocycles. The zero-order valence-corrected chi connectivity index (χ0v) is 10.3. The van der Waals surface area contributed by atoms with Crippen LogP contribution in [0.2, 0.25) is 0 Å². The summed E-state index contributed by atoms with van der Waals surface area (Å²) in [6.07, 6.45) is -1.98. The van der Waals surface area contributed by atoms with E-state index < -0.39 is 43.2 Å². The number of aliphatic carboxylic acids is 1. The Kier molecular flexibility index (Phi) is 5.18. The summed E-state index contributed by atoms with van der Waals surface area (Å²) in [6, 6.07) is 1.14. The first-order valence-corrected chi connectivity index (χ1v) is 5.56. The number of hydrogen-bond acceptors (Lipinski definition) is 3. The molecule has 1 rings (SSSR count). The van der Waals surface area contributed by atoms with Gasteiger partial charge in [0, 0.05) is 6.20 Å². The van der Waals surface area contributed by atoms with Crippen LogP contribution >= 0.6 is 0 Å². The largest absolute Gasteiger partial charge is 0.480 e. The fourth-order valence-electron chi connectivity index (χ4n) is 1.56. The SMILES string of the molecule is NC(=O)C[C@@H](NC(=O)c1cccn1CC(F)F)C(=O)O. The second kappa shape index (κ2) is 6.64. The van der Waals surface area contributed by atoms with Crippen molar-refractivity contribution in [3.8, 4) is 0 Å². The van der Waals surface area contributed by atoms with Crippen LogP contribution in [0.15, 0.2) is 18.3 Å². The summed E-state index contributed by atoms with van der Waals surface area (Å²) in [5.74, 6) is -3.21. The molecule has 1 aromatic rings. The maximum Gasteiger partial charge on any atom is 0.326 e. The van der Waals surface area contributed by atoms with Gasteiger partial charge in [0.15, 0.2) is 0 Å². The Labute approximate surface area is 112 Å². The average Bonchev–Trinajstić information content (AvgIpc) is 2.74. The van der Waals surface area contributed by atoms with Gasteiger partial charge in [-0.1, -0.05) is 0 Å². The van der Waals surface area contributed by atoms with Crippen LogP contribution in [-0.2, 0) is 16.1 Å². The molecule has 20 heavy (non-hydrogen) atoms. The molecule has 1 atom stereocenters. The van der Waals surface area contributed by atoms with Crippen molar-refractivity contribution in [1.29, 1.82) is 0 Å². The molecule has 0 unspecified atom stereocenters.